The van der Waals surface area contributed by atoms with E-state index in [0.717, 1.165) is 17.6 Å². The lowest BCUT2D eigenvalue weighted by Gasteiger charge is -2.14. The molecule has 0 spiro atoms. The Bertz CT molecular complexity index is 1360. The molecule has 1 aliphatic heterocycles. The van der Waals surface area contributed by atoms with Crippen LogP contribution in [0.5, 0.6) is 0 Å². The van der Waals surface area contributed by atoms with E-state index in [1.165, 1.54) is 12.1 Å². The van der Waals surface area contributed by atoms with Crippen LogP contribution in [0.4, 0.5) is 24.5 Å². The van der Waals surface area contributed by atoms with Gasteiger partial charge in [0.25, 0.3) is 5.89 Å². The van der Waals surface area contributed by atoms with Gasteiger partial charge in [0.2, 0.25) is 11.8 Å². The number of carbonyl (C=O) groups excluding carboxylic acids is 1. The van der Waals surface area contributed by atoms with Gasteiger partial charge in [-0.2, -0.15) is 18.3 Å². The van der Waals surface area contributed by atoms with Gasteiger partial charge in [-0.15, -0.1) is 10.2 Å². The Morgan fingerprint density at radius 1 is 1.15 bits per heavy atom. The van der Waals surface area contributed by atoms with Gasteiger partial charge < -0.3 is 15.1 Å². The number of aromatic nitrogens is 4. The van der Waals surface area contributed by atoms with Crippen molar-refractivity contribution in [1.82, 2.24) is 25.3 Å². The Hall–Kier alpha value is -3.89. The standard InChI is InChI=1S/C22H19F3N6O2/c1-21(10-11-26-19(21)32)20-29-28-18(33-20)17-16-14(4-3-5-15(16)31(2)30-17)27-13-8-6-12(7-9-13)22(23,24)25/h3-9,27H,10-11H2,1-2H3,(H,26,32)/t21-/m0/s1. The first-order valence-electron chi connectivity index (χ1n) is 10.2. The fraction of sp³-hybridized carbons (Fsp3) is 0.273. The van der Waals surface area contributed by atoms with Gasteiger partial charge >= 0.3 is 6.18 Å². The summed E-state index contributed by atoms with van der Waals surface area (Å²) in [5.41, 5.74) is 0.620. The Kier molecular flexibility index (Phi) is 4.66. The average Bonchev–Trinajstić information content (AvgIpc) is 3.47. The van der Waals surface area contributed by atoms with Crippen LogP contribution in [0.2, 0.25) is 0 Å². The molecule has 1 fully saturated rings. The zero-order valence-electron chi connectivity index (χ0n) is 17.7. The van der Waals surface area contributed by atoms with Gasteiger partial charge in [0.15, 0.2) is 5.69 Å². The van der Waals surface area contributed by atoms with Gasteiger partial charge in [0.05, 0.1) is 22.2 Å². The lowest BCUT2D eigenvalue weighted by Crippen LogP contribution is -2.32. The number of halogens is 3. The maximum atomic E-state index is 12.9. The number of nitrogens with zero attached hydrogens (tertiary/aromatic N) is 4. The van der Waals surface area contributed by atoms with Gasteiger partial charge in [0, 0.05) is 19.3 Å². The minimum absolute atomic E-state index is 0.151. The highest BCUT2D eigenvalue weighted by atomic mass is 19.4. The Morgan fingerprint density at radius 2 is 1.91 bits per heavy atom. The van der Waals surface area contributed by atoms with Crippen molar-refractivity contribution >= 4 is 28.2 Å². The highest BCUT2D eigenvalue weighted by Crippen LogP contribution is 2.37. The van der Waals surface area contributed by atoms with Gasteiger partial charge in [-0.05, 0) is 49.7 Å². The largest absolute Gasteiger partial charge is 0.418 e. The number of anilines is 2. The predicted octanol–water partition coefficient (Wildman–Crippen LogP) is 4.16. The average molecular weight is 456 g/mol. The van der Waals surface area contributed by atoms with Crippen LogP contribution < -0.4 is 10.6 Å². The number of hydrogen-bond acceptors (Lipinski definition) is 6. The van der Waals surface area contributed by atoms with Crippen molar-refractivity contribution in [2.75, 3.05) is 11.9 Å². The SMILES string of the molecule is Cn1nc(-c2nnc([C@@]3(C)CCNC3=O)o2)c2c(Nc3ccc(C(F)(F)F)cc3)cccc21. The first-order valence-corrected chi connectivity index (χ1v) is 10.2. The number of nitrogens with one attached hydrogen (secondary N) is 2. The first-order chi connectivity index (χ1) is 15.7. The molecule has 0 saturated carbocycles. The van der Waals surface area contributed by atoms with Crippen molar-refractivity contribution in [2.45, 2.75) is 24.9 Å². The van der Waals surface area contributed by atoms with Crippen molar-refractivity contribution in [1.29, 1.82) is 0 Å². The molecule has 0 aliphatic carbocycles. The molecule has 11 heteroatoms. The molecule has 0 bridgehead atoms. The molecule has 1 saturated heterocycles. The predicted molar refractivity (Wildman–Crippen MR) is 114 cm³/mol. The van der Waals surface area contributed by atoms with E-state index in [2.05, 4.69) is 25.9 Å². The summed E-state index contributed by atoms with van der Waals surface area (Å²) >= 11 is 0. The molecule has 8 nitrogen and oxygen atoms in total. The summed E-state index contributed by atoms with van der Waals surface area (Å²) in [5, 5.41) is 19.4. The quantitative estimate of drug-likeness (QED) is 0.479. The number of rotatable bonds is 4. The summed E-state index contributed by atoms with van der Waals surface area (Å²) in [5.74, 6) is 0.186. The van der Waals surface area contributed by atoms with Crippen LogP contribution in [0, 0.1) is 0 Å². The number of benzene rings is 2. The topological polar surface area (TPSA) is 97.9 Å². The van der Waals surface area contributed by atoms with E-state index in [0.29, 0.717) is 35.4 Å². The summed E-state index contributed by atoms with van der Waals surface area (Å²) in [7, 11) is 1.76. The third-order valence-corrected chi connectivity index (χ3v) is 5.88. The molecule has 2 N–H and O–H groups in total. The highest BCUT2D eigenvalue weighted by molar-refractivity contribution is 6.02. The maximum absolute atomic E-state index is 12.9. The lowest BCUT2D eigenvalue weighted by atomic mass is 9.89. The van der Waals surface area contributed by atoms with Gasteiger partial charge in [-0.3, -0.25) is 9.48 Å². The molecule has 2 aromatic carbocycles. The van der Waals surface area contributed by atoms with Crippen molar-refractivity contribution in [3.05, 3.63) is 53.9 Å². The molecule has 1 atom stereocenters. The highest BCUT2D eigenvalue weighted by Gasteiger charge is 2.44. The van der Waals surface area contributed by atoms with Crippen molar-refractivity contribution < 1.29 is 22.4 Å². The number of amides is 1. The number of aryl methyl sites for hydroxylation is 1. The summed E-state index contributed by atoms with van der Waals surface area (Å²) in [4.78, 5) is 12.3. The van der Waals surface area contributed by atoms with Crippen LogP contribution in [0.15, 0.2) is 46.9 Å². The smallest absolute Gasteiger partial charge is 0.416 e. The molecule has 2 aromatic heterocycles. The summed E-state index contributed by atoms with van der Waals surface area (Å²) < 4.78 is 46.2. The normalized spacial score (nSPS) is 18.6. The fourth-order valence-corrected chi connectivity index (χ4v) is 3.95. The minimum atomic E-state index is -4.41. The van der Waals surface area contributed by atoms with E-state index < -0.39 is 17.2 Å². The molecule has 1 amide bonds. The molecule has 33 heavy (non-hydrogen) atoms. The van der Waals surface area contributed by atoms with E-state index in [1.54, 1.807) is 24.7 Å². The summed E-state index contributed by atoms with van der Waals surface area (Å²) in [6.07, 6.45) is -3.87. The molecular formula is C22H19F3N6O2. The molecule has 4 aromatic rings. The Morgan fingerprint density at radius 3 is 2.58 bits per heavy atom. The Balaban J connectivity index is 1.55. The number of hydrogen-bond donors (Lipinski definition) is 2. The zero-order chi connectivity index (χ0) is 23.4. The number of fused-ring (bicyclic) bond motifs is 1. The molecular weight excluding hydrogens is 437 g/mol. The van der Waals surface area contributed by atoms with E-state index in [4.69, 9.17) is 4.42 Å². The van der Waals surface area contributed by atoms with Crippen molar-refractivity contribution in [3.8, 4) is 11.6 Å². The van der Waals surface area contributed by atoms with Gasteiger partial charge in [0.1, 0.15) is 5.41 Å². The molecule has 1 aliphatic rings. The summed E-state index contributed by atoms with van der Waals surface area (Å²) in [6.45, 7) is 2.28. The molecule has 170 valence electrons. The van der Waals surface area contributed by atoms with Crippen LogP contribution in [0.1, 0.15) is 24.8 Å². The second kappa shape index (κ2) is 7.32. The van der Waals surface area contributed by atoms with E-state index in [1.807, 2.05) is 12.1 Å². The molecule has 0 unspecified atom stereocenters. The zero-order valence-corrected chi connectivity index (χ0v) is 17.7. The second-order valence-electron chi connectivity index (χ2n) is 8.12. The monoisotopic (exact) mass is 456 g/mol. The van der Waals surface area contributed by atoms with Crippen LogP contribution in [-0.2, 0) is 23.4 Å². The maximum Gasteiger partial charge on any atom is 0.416 e. The van der Waals surface area contributed by atoms with Crippen LogP contribution in [0.25, 0.3) is 22.5 Å². The van der Waals surface area contributed by atoms with E-state index in [-0.39, 0.29) is 17.7 Å². The number of alkyl halides is 3. The van der Waals surface area contributed by atoms with E-state index in [9.17, 15) is 18.0 Å². The second-order valence-corrected chi connectivity index (χ2v) is 8.12. The Labute approximate surface area is 185 Å². The molecule has 5 rings (SSSR count). The summed E-state index contributed by atoms with van der Waals surface area (Å²) in [6, 6.07) is 10.2. The first kappa shape index (κ1) is 21.0. The van der Waals surface area contributed by atoms with Crippen LogP contribution in [-0.4, -0.2) is 32.4 Å². The number of carbonyl (C=O) groups is 1. The van der Waals surface area contributed by atoms with Crippen molar-refractivity contribution in [2.24, 2.45) is 7.05 Å². The third kappa shape index (κ3) is 3.49. The lowest BCUT2D eigenvalue weighted by molar-refractivity contribution is -0.137. The van der Waals surface area contributed by atoms with Crippen LogP contribution in [0.3, 0.4) is 0 Å². The molecule has 0 radical (unpaired) electrons. The minimum Gasteiger partial charge on any atom is -0.418 e. The van der Waals surface area contributed by atoms with Crippen LogP contribution >= 0.6 is 0 Å². The van der Waals surface area contributed by atoms with Gasteiger partial charge in [-0.1, -0.05) is 6.07 Å². The van der Waals surface area contributed by atoms with Gasteiger partial charge in [-0.25, -0.2) is 0 Å². The van der Waals surface area contributed by atoms with Crippen molar-refractivity contribution in [3.63, 3.8) is 0 Å². The fourth-order valence-electron chi connectivity index (χ4n) is 3.95. The molecule has 3 heterocycles. The van der Waals surface area contributed by atoms with E-state index >= 15 is 0 Å². The third-order valence-electron chi connectivity index (χ3n) is 5.88.